The zero-order valence-corrected chi connectivity index (χ0v) is 12.1. The quantitative estimate of drug-likeness (QED) is 0.831. The number of hydrogen-bond donors (Lipinski definition) is 0. The number of carbonyl (C=O) groups excluding carboxylic acids is 2. The summed E-state index contributed by atoms with van der Waals surface area (Å²) in [6.45, 7) is 2.46. The fourth-order valence-corrected chi connectivity index (χ4v) is 2.74. The molecule has 0 bridgehead atoms. The third-order valence-electron chi connectivity index (χ3n) is 3.65. The van der Waals surface area contributed by atoms with Gasteiger partial charge in [-0.15, -0.1) is 0 Å². The number of rotatable bonds is 2. The van der Waals surface area contributed by atoms with Gasteiger partial charge in [0.25, 0.3) is 5.91 Å². The second-order valence-electron chi connectivity index (χ2n) is 5.00. The maximum absolute atomic E-state index is 12.2. The first-order valence-electron chi connectivity index (χ1n) is 6.48. The van der Waals surface area contributed by atoms with Crippen LogP contribution < -0.4 is 0 Å². The Morgan fingerprint density at radius 2 is 1.79 bits per heavy atom. The standard InChI is InChI=1S/C13H15BrN2O3/c14-11-10(3-8-19-11)13(18)16-6-4-15(5-7-16)12(17)9-1-2-9/h3,8-9H,1-2,4-7H2. The van der Waals surface area contributed by atoms with E-state index in [-0.39, 0.29) is 17.7 Å². The number of hydrogen-bond acceptors (Lipinski definition) is 3. The maximum atomic E-state index is 12.2. The van der Waals surface area contributed by atoms with E-state index in [1.54, 1.807) is 11.0 Å². The minimum absolute atomic E-state index is 0.0425. The van der Waals surface area contributed by atoms with Gasteiger partial charge in [0, 0.05) is 32.1 Å². The van der Waals surface area contributed by atoms with Crippen LogP contribution in [0.3, 0.4) is 0 Å². The normalized spacial score (nSPS) is 19.6. The van der Waals surface area contributed by atoms with Crippen LogP contribution in [0, 0.1) is 5.92 Å². The van der Waals surface area contributed by atoms with Gasteiger partial charge in [0.2, 0.25) is 5.91 Å². The SMILES string of the molecule is O=C(c1ccoc1Br)N1CCN(C(=O)C2CC2)CC1. The van der Waals surface area contributed by atoms with Gasteiger partial charge >= 0.3 is 0 Å². The van der Waals surface area contributed by atoms with Gasteiger partial charge in [-0.2, -0.15) is 0 Å². The van der Waals surface area contributed by atoms with E-state index in [1.165, 1.54) is 6.26 Å². The molecule has 6 heteroatoms. The molecule has 0 unspecified atom stereocenters. The molecular weight excluding hydrogens is 312 g/mol. The van der Waals surface area contributed by atoms with Crippen LogP contribution >= 0.6 is 15.9 Å². The molecule has 1 aromatic heterocycles. The third-order valence-corrected chi connectivity index (χ3v) is 4.27. The largest absolute Gasteiger partial charge is 0.457 e. The van der Waals surface area contributed by atoms with Gasteiger partial charge < -0.3 is 14.2 Å². The van der Waals surface area contributed by atoms with E-state index in [0.29, 0.717) is 36.4 Å². The Morgan fingerprint density at radius 1 is 1.16 bits per heavy atom. The molecule has 3 rings (SSSR count). The Morgan fingerprint density at radius 3 is 2.32 bits per heavy atom. The van der Waals surface area contributed by atoms with Gasteiger partial charge in [-0.3, -0.25) is 9.59 Å². The minimum Gasteiger partial charge on any atom is -0.457 e. The number of carbonyl (C=O) groups is 2. The summed E-state index contributed by atoms with van der Waals surface area (Å²) in [5.41, 5.74) is 0.543. The highest BCUT2D eigenvalue weighted by atomic mass is 79.9. The van der Waals surface area contributed by atoms with E-state index < -0.39 is 0 Å². The van der Waals surface area contributed by atoms with E-state index in [2.05, 4.69) is 15.9 Å². The number of piperazine rings is 1. The minimum atomic E-state index is -0.0425. The van der Waals surface area contributed by atoms with Gasteiger partial charge in [-0.1, -0.05) is 0 Å². The Kier molecular flexibility index (Phi) is 3.35. The van der Waals surface area contributed by atoms with E-state index >= 15 is 0 Å². The molecule has 0 atom stereocenters. The second kappa shape index (κ2) is 5.00. The molecule has 1 aliphatic heterocycles. The van der Waals surface area contributed by atoms with Crippen LogP contribution in [0.15, 0.2) is 21.4 Å². The topological polar surface area (TPSA) is 53.8 Å². The molecule has 0 aromatic carbocycles. The molecule has 1 aliphatic carbocycles. The Balaban J connectivity index is 1.59. The second-order valence-corrected chi connectivity index (χ2v) is 5.72. The van der Waals surface area contributed by atoms with E-state index in [4.69, 9.17) is 4.42 Å². The third kappa shape index (κ3) is 2.54. The van der Waals surface area contributed by atoms with E-state index in [0.717, 1.165) is 12.8 Å². The van der Waals surface area contributed by atoms with Crippen molar-refractivity contribution >= 4 is 27.7 Å². The number of furan rings is 1. The van der Waals surface area contributed by atoms with Crippen molar-refractivity contribution in [3.63, 3.8) is 0 Å². The van der Waals surface area contributed by atoms with Crippen LogP contribution in [-0.4, -0.2) is 47.8 Å². The molecule has 2 aliphatic rings. The Bertz CT molecular complexity index is 502. The van der Waals surface area contributed by atoms with Gasteiger partial charge in [0.15, 0.2) is 4.67 Å². The summed E-state index contributed by atoms with van der Waals surface area (Å²) in [5.74, 6) is 0.473. The zero-order valence-electron chi connectivity index (χ0n) is 10.5. The lowest BCUT2D eigenvalue weighted by Gasteiger charge is -2.34. The Hall–Kier alpha value is -1.30. The summed E-state index contributed by atoms with van der Waals surface area (Å²) in [7, 11) is 0. The van der Waals surface area contributed by atoms with Crippen LogP contribution in [0.2, 0.25) is 0 Å². The summed E-state index contributed by atoms with van der Waals surface area (Å²) in [5, 5.41) is 0. The predicted octanol–water partition coefficient (Wildman–Crippen LogP) is 1.74. The van der Waals surface area contributed by atoms with Crippen molar-refractivity contribution in [3.8, 4) is 0 Å². The predicted molar refractivity (Wildman–Crippen MR) is 71.6 cm³/mol. The molecular formula is C13H15BrN2O3. The summed E-state index contributed by atoms with van der Waals surface area (Å²) in [6.07, 6.45) is 3.55. The highest BCUT2D eigenvalue weighted by Crippen LogP contribution is 2.31. The first-order chi connectivity index (χ1) is 9.16. The summed E-state index contributed by atoms with van der Waals surface area (Å²) in [6, 6.07) is 1.66. The molecule has 0 radical (unpaired) electrons. The average molecular weight is 327 g/mol. The molecule has 2 fully saturated rings. The van der Waals surface area contributed by atoms with Crippen LogP contribution in [0.5, 0.6) is 0 Å². The van der Waals surface area contributed by atoms with Crippen LogP contribution in [-0.2, 0) is 4.79 Å². The summed E-state index contributed by atoms with van der Waals surface area (Å²) in [4.78, 5) is 27.8. The molecule has 2 amide bonds. The molecule has 0 spiro atoms. The van der Waals surface area contributed by atoms with Crippen molar-refractivity contribution in [2.24, 2.45) is 5.92 Å². The van der Waals surface area contributed by atoms with Crippen molar-refractivity contribution < 1.29 is 14.0 Å². The molecule has 1 aromatic rings. The first kappa shape index (κ1) is 12.7. The van der Waals surface area contributed by atoms with Gasteiger partial charge in [-0.05, 0) is 34.8 Å². The molecule has 1 saturated carbocycles. The van der Waals surface area contributed by atoms with E-state index in [1.807, 2.05) is 4.90 Å². The average Bonchev–Trinajstić information content (AvgIpc) is 3.20. The lowest BCUT2D eigenvalue weighted by atomic mass is 10.2. The molecule has 1 saturated heterocycles. The molecule has 19 heavy (non-hydrogen) atoms. The fraction of sp³-hybridized carbons (Fsp3) is 0.538. The highest BCUT2D eigenvalue weighted by molar-refractivity contribution is 9.10. The monoisotopic (exact) mass is 326 g/mol. The van der Waals surface area contributed by atoms with Crippen molar-refractivity contribution in [2.45, 2.75) is 12.8 Å². The molecule has 102 valence electrons. The van der Waals surface area contributed by atoms with Gasteiger partial charge in [-0.25, -0.2) is 0 Å². The maximum Gasteiger partial charge on any atom is 0.258 e. The van der Waals surface area contributed by atoms with Crippen molar-refractivity contribution in [3.05, 3.63) is 22.6 Å². The summed E-state index contributed by atoms with van der Waals surface area (Å²) >= 11 is 3.22. The van der Waals surface area contributed by atoms with Gasteiger partial charge in [0.05, 0.1) is 11.8 Å². The van der Waals surface area contributed by atoms with Crippen LogP contribution in [0.4, 0.5) is 0 Å². The zero-order chi connectivity index (χ0) is 13.4. The number of amides is 2. The fourth-order valence-electron chi connectivity index (χ4n) is 2.33. The Labute approximate surface area is 119 Å². The van der Waals surface area contributed by atoms with Crippen molar-refractivity contribution in [1.29, 1.82) is 0 Å². The van der Waals surface area contributed by atoms with Crippen LogP contribution in [0.1, 0.15) is 23.2 Å². The lowest BCUT2D eigenvalue weighted by molar-refractivity contribution is -0.134. The smallest absolute Gasteiger partial charge is 0.258 e. The lowest BCUT2D eigenvalue weighted by Crippen LogP contribution is -2.51. The summed E-state index contributed by atoms with van der Waals surface area (Å²) < 4.78 is 5.55. The van der Waals surface area contributed by atoms with E-state index in [9.17, 15) is 9.59 Å². The first-order valence-corrected chi connectivity index (χ1v) is 7.27. The van der Waals surface area contributed by atoms with Crippen LogP contribution in [0.25, 0.3) is 0 Å². The molecule has 0 N–H and O–H groups in total. The molecule has 5 nitrogen and oxygen atoms in total. The van der Waals surface area contributed by atoms with Gasteiger partial charge in [0.1, 0.15) is 0 Å². The van der Waals surface area contributed by atoms with Crippen molar-refractivity contribution in [1.82, 2.24) is 9.80 Å². The molecule has 2 heterocycles. The number of halogens is 1. The van der Waals surface area contributed by atoms with Crippen molar-refractivity contribution in [2.75, 3.05) is 26.2 Å². The highest BCUT2D eigenvalue weighted by Gasteiger charge is 2.35. The number of nitrogens with zero attached hydrogens (tertiary/aromatic N) is 2.